The highest BCUT2D eigenvalue weighted by Crippen LogP contribution is 2.99. The Labute approximate surface area is 165 Å². The van der Waals surface area contributed by atoms with E-state index in [1.807, 2.05) is 18.2 Å². The lowest BCUT2D eigenvalue weighted by Gasteiger charge is -2.60. The molecule has 0 aromatic heterocycles. The van der Waals surface area contributed by atoms with Gasteiger partial charge in [0.1, 0.15) is 0 Å². The Kier molecular flexibility index (Phi) is 2.91. The monoisotopic (exact) mass is 378 g/mol. The molecule has 6 aliphatic rings. The van der Waals surface area contributed by atoms with E-state index in [0.29, 0.717) is 25.1 Å². The molecular formula is C23H26N2O3. The summed E-state index contributed by atoms with van der Waals surface area (Å²) in [6.07, 6.45) is 6.35. The first kappa shape index (κ1) is 16.8. The third-order valence-electron chi connectivity index (χ3n) is 9.14. The van der Waals surface area contributed by atoms with E-state index < -0.39 is 5.41 Å². The summed E-state index contributed by atoms with van der Waals surface area (Å²) in [5, 5.41) is 0. The van der Waals surface area contributed by atoms with Gasteiger partial charge in [0.05, 0.1) is 11.0 Å². The van der Waals surface area contributed by atoms with Crippen LogP contribution in [-0.2, 0) is 9.59 Å². The van der Waals surface area contributed by atoms with E-state index in [4.69, 9.17) is 0 Å². The molecule has 5 heteroatoms. The topological polar surface area (TPSA) is 57.7 Å². The second-order valence-electron chi connectivity index (χ2n) is 9.56. The molecule has 4 atom stereocenters. The molecule has 3 aliphatic heterocycles. The fourth-order valence-corrected chi connectivity index (χ4v) is 8.66. The Bertz CT molecular complexity index is 929. The quantitative estimate of drug-likeness (QED) is 0.760. The smallest absolute Gasteiger partial charge is 0.260 e. The molecule has 2 bridgehead atoms. The van der Waals surface area contributed by atoms with Crippen molar-refractivity contribution in [3.8, 4) is 0 Å². The van der Waals surface area contributed by atoms with E-state index in [0.717, 1.165) is 38.5 Å². The van der Waals surface area contributed by atoms with E-state index in [1.54, 1.807) is 12.1 Å². The average Bonchev–Trinajstić information content (AvgIpc) is 3.06. The molecule has 1 aromatic rings. The van der Waals surface area contributed by atoms with Gasteiger partial charge in [0, 0.05) is 35.9 Å². The Morgan fingerprint density at radius 3 is 2.64 bits per heavy atom. The van der Waals surface area contributed by atoms with Gasteiger partial charge < -0.3 is 4.90 Å². The minimum atomic E-state index is -0.439. The number of nitrogens with zero attached hydrogens (tertiary/aromatic N) is 2. The average molecular weight is 378 g/mol. The second-order valence-corrected chi connectivity index (χ2v) is 9.56. The zero-order valence-electron chi connectivity index (χ0n) is 16.4. The predicted molar refractivity (Wildman–Crippen MR) is 102 cm³/mol. The number of benzene rings is 1. The van der Waals surface area contributed by atoms with Crippen LogP contribution in [0.1, 0.15) is 62.2 Å². The number of rotatable bonds is 3. The summed E-state index contributed by atoms with van der Waals surface area (Å²) in [4.78, 5) is 43.7. The molecule has 7 rings (SSSR count). The third-order valence-corrected chi connectivity index (χ3v) is 9.14. The third kappa shape index (κ3) is 1.35. The van der Waals surface area contributed by atoms with Crippen molar-refractivity contribution < 1.29 is 14.4 Å². The molecule has 146 valence electrons. The van der Waals surface area contributed by atoms with Crippen LogP contribution in [0.4, 0.5) is 0 Å². The highest BCUT2D eigenvalue weighted by molar-refractivity contribution is 6.08. The molecule has 0 N–H and O–H groups in total. The van der Waals surface area contributed by atoms with Crippen molar-refractivity contribution in [3.05, 3.63) is 35.9 Å². The summed E-state index contributed by atoms with van der Waals surface area (Å²) >= 11 is 0. The lowest BCUT2D eigenvalue weighted by molar-refractivity contribution is -0.179. The van der Waals surface area contributed by atoms with E-state index in [1.165, 1.54) is 4.90 Å². The van der Waals surface area contributed by atoms with Crippen molar-refractivity contribution in [3.63, 3.8) is 0 Å². The Morgan fingerprint density at radius 1 is 1.11 bits per heavy atom. The Hall–Kier alpha value is -2.17. The zero-order chi connectivity index (χ0) is 19.4. The highest BCUT2D eigenvalue weighted by atomic mass is 16.2. The summed E-state index contributed by atoms with van der Waals surface area (Å²) in [7, 11) is 0. The first-order valence-electron chi connectivity index (χ1n) is 10.7. The van der Waals surface area contributed by atoms with E-state index in [9.17, 15) is 14.4 Å². The highest BCUT2D eigenvalue weighted by Gasteiger charge is 3.04. The van der Waals surface area contributed by atoms with Gasteiger partial charge in [-0.25, -0.2) is 0 Å². The minimum Gasteiger partial charge on any atom is -0.334 e. The fourth-order valence-electron chi connectivity index (χ4n) is 8.66. The van der Waals surface area contributed by atoms with Crippen LogP contribution in [0.15, 0.2) is 30.3 Å². The lowest BCUT2D eigenvalue weighted by atomic mass is 9.49. The predicted octanol–water partition coefficient (Wildman–Crippen LogP) is 3.00. The van der Waals surface area contributed by atoms with Crippen molar-refractivity contribution in [2.45, 2.75) is 57.4 Å². The molecule has 2 unspecified atom stereocenters. The summed E-state index contributed by atoms with van der Waals surface area (Å²) in [6, 6.07) is 9.09. The molecule has 28 heavy (non-hydrogen) atoms. The van der Waals surface area contributed by atoms with Crippen LogP contribution >= 0.6 is 0 Å². The molecular weight excluding hydrogens is 352 g/mol. The number of fused-ring (bicyclic) bond motifs is 3. The molecule has 3 saturated carbocycles. The van der Waals surface area contributed by atoms with Gasteiger partial charge in [0.25, 0.3) is 5.91 Å². The molecule has 3 aliphatic carbocycles. The number of piperidine rings is 1. The van der Waals surface area contributed by atoms with Crippen LogP contribution in [-0.4, -0.2) is 46.1 Å². The van der Waals surface area contributed by atoms with Gasteiger partial charge in [-0.15, -0.1) is 0 Å². The van der Waals surface area contributed by atoms with E-state index >= 15 is 0 Å². The van der Waals surface area contributed by atoms with Gasteiger partial charge in [-0.3, -0.25) is 19.3 Å². The first-order valence-corrected chi connectivity index (χ1v) is 10.7. The summed E-state index contributed by atoms with van der Waals surface area (Å²) in [5.74, 6) is 0.0699. The maximum Gasteiger partial charge on any atom is 0.260 e. The van der Waals surface area contributed by atoms with Crippen LogP contribution in [0.2, 0.25) is 0 Å². The zero-order valence-corrected chi connectivity index (χ0v) is 16.4. The second kappa shape index (κ2) is 4.87. The van der Waals surface area contributed by atoms with Crippen LogP contribution in [0.3, 0.4) is 0 Å². The minimum absolute atomic E-state index is 0.00714. The summed E-state index contributed by atoms with van der Waals surface area (Å²) in [5.41, 5.74) is -0.0598. The van der Waals surface area contributed by atoms with Crippen molar-refractivity contribution in [2.24, 2.45) is 16.2 Å². The van der Waals surface area contributed by atoms with Crippen LogP contribution in [0, 0.1) is 16.2 Å². The van der Waals surface area contributed by atoms with Crippen LogP contribution < -0.4 is 0 Å². The van der Waals surface area contributed by atoms with Gasteiger partial charge in [0.15, 0.2) is 0 Å². The molecule has 3 heterocycles. The summed E-state index contributed by atoms with van der Waals surface area (Å²) < 4.78 is 0. The number of carbonyl (C=O) groups excluding carboxylic acids is 3. The first-order chi connectivity index (χ1) is 13.5. The largest absolute Gasteiger partial charge is 0.334 e. The molecule has 6 fully saturated rings. The molecule has 3 amide bonds. The summed E-state index contributed by atoms with van der Waals surface area (Å²) in [6.45, 7) is 3.00. The number of imide groups is 1. The van der Waals surface area contributed by atoms with Gasteiger partial charge >= 0.3 is 0 Å². The SMILES string of the molecule is CCC[C@]12C34CCC[C@]15CC(=O)N(CCN(C(=O)c1ccccc1)C3=O)C52C4. The maximum absolute atomic E-state index is 14.0. The molecule has 3 spiro atoms. The molecule has 5 nitrogen and oxygen atoms in total. The van der Waals surface area contributed by atoms with Crippen molar-refractivity contribution in [2.75, 3.05) is 13.1 Å². The Morgan fingerprint density at radius 2 is 1.89 bits per heavy atom. The molecule has 0 radical (unpaired) electrons. The van der Waals surface area contributed by atoms with Gasteiger partial charge in [-0.1, -0.05) is 38.0 Å². The maximum atomic E-state index is 14.0. The van der Waals surface area contributed by atoms with Crippen molar-refractivity contribution in [1.82, 2.24) is 9.80 Å². The van der Waals surface area contributed by atoms with Gasteiger partial charge in [0.2, 0.25) is 11.8 Å². The number of carbonyl (C=O) groups is 3. The van der Waals surface area contributed by atoms with Crippen LogP contribution in [0.5, 0.6) is 0 Å². The van der Waals surface area contributed by atoms with E-state index in [2.05, 4.69) is 11.8 Å². The number of amides is 3. The molecule has 3 saturated heterocycles. The van der Waals surface area contributed by atoms with Gasteiger partial charge in [-0.05, 0) is 37.8 Å². The van der Waals surface area contributed by atoms with Crippen molar-refractivity contribution in [1.29, 1.82) is 0 Å². The fraction of sp³-hybridized carbons (Fsp3) is 0.609. The van der Waals surface area contributed by atoms with Gasteiger partial charge in [-0.2, -0.15) is 0 Å². The normalized spacial score (nSPS) is 42.5. The van der Waals surface area contributed by atoms with E-state index in [-0.39, 0.29) is 34.1 Å². The standard InChI is InChI=1S/C23H26N2O3/c1-2-9-22-20-10-6-11-21(22)14-17(26)25(23(21,22)15-20)13-12-24(19(20)28)18(27)16-7-4-3-5-8-16/h3-5,7-8H,2,6,9-15H2,1H3/t20?,21-,22-,23?/m0/s1. The molecule has 1 aromatic carbocycles. The number of hydrogen-bond donors (Lipinski definition) is 0. The lowest BCUT2D eigenvalue weighted by Crippen LogP contribution is -2.69. The Balaban J connectivity index is 1.48. The van der Waals surface area contributed by atoms with Crippen molar-refractivity contribution >= 4 is 17.7 Å². The number of hydrogen-bond acceptors (Lipinski definition) is 3. The van der Waals surface area contributed by atoms with Crippen LogP contribution in [0.25, 0.3) is 0 Å².